The molecule has 0 radical (unpaired) electrons. The number of carbonyl (C=O) groups is 1. The molecule has 0 bridgehead atoms. The van der Waals surface area contributed by atoms with Gasteiger partial charge in [0, 0.05) is 26.1 Å². The number of anilines is 2. The second kappa shape index (κ2) is 5.12. The molecule has 1 aliphatic rings. The molecular weight excluding hydrogens is 232 g/mol. The fraction of sp³-hybridized carbons (Fsp3) is 0.500. The summed E-state index contributed by atoms with van der Waals surface area (Å²) in [5, 5.41) is 3.29. The fourth-order valence-electron chi connectivity index (χ4n) is 2.07. The Bertz CT molecular complexity index is 450. The highest BCUT2D eigenvalue weighted by Gasteiger charge is 2.24. The number of nitrogens with zero attached hydrogens (tertiary/aromatic N) is 2. The quantitative estimate of drug-likeness (QED) is 0.825. The second-order valence-corrected chi connectivity index (χ2v) is 4.39. The van der Waals surface area contributed by atoms with Crippen LogP contribution in [0.3, 0.4) is 0 Å². The number of ether oxygens (including phenoxy) is 1. The zero-order valence-electron chi connectivity index (χ0n) is 10.6. The number of carbonyl (C=O) groups excluding carboxylic acids is 1. The van der Waals surface area contributed by atoms with Gasteiger partial charge in [-0.15, -0.1) is 0 Å². The zero-order valence-corrected chi connectivity index (χ0v) is 10.6. The number of likely N-dealkylation sites (tertiary alicyclic amines) is 1. The number of nitrogens with two attached hydrogens (primary N) is 1. The van der Waals surface area contributed by atoms with E-state index in [0.717, 1.165) is 18.8 Å². The van der Waals surface area contributed by atoms with Gasteiger partial charge in [-0.2, -0.15) is 4.98 Å². The third-order valence-corrected chi connectivity index (χ3v) is 3.07. The van der Waals surface area contributed by atoms with Crippen LogP contribution in [0, 0.1) is 0 Å². The summed E-state index contributed by atoms with van der Waals surface area (Å²) in [5.41, 5.74) is 6.22. The van der Waals surface area contributed by atoms with Crippen molar-refractivity contribution in [3.8, 4) is 5.88 Å². The molecule has 0 aromatic carbocycles. The van der Waals surface area contributed by atoms with Gasteiger partial charge < -0.3 is 20.7 Å². The van der Waals surface area contributed by atoms with Gasteiger partial charge in [-0.05, 0) is 18.6 Å². The molecule has 3 N–H and O–H groups in total. The van der Waals surface area contributed by atoms with Crippen LogP contribution in [-0.2, 0) is 4.79 Å². The Balaban J connectivity index is 2.00. The molecule has 1 fully saturated rings. The van der Waals surface area contributed by atoms with E-state index in [1.165, 1.54) is 7.11 Å². The predicted molar refractivity (Wildman–Crippen MR) is 69.5 cm³/mol. The van der Waals surface area contributed by atoms with Crippen molar-refractivity contribution in [3.05, 3.63) is 12.1 Å². The molecular formula is C12H18N4O2. The van der Waals surface area contributed by atoms with Crippen LogP contribution in [0.25, 0.3) is 0 Å². The van der Waals surface area contributed by atoms with E-state index < -0.39 is 0 Å². The number of hydrogen-bond donors (Lipinski definition) is 2. The third-order valence-electron chi connectivity index (χ3n) is 3.07. The van der Waals surface area contributed by atoms with Gasteiger partial charge in [0.15, 0.2) is 0 Å². The number of methoxy groups -OCH3 is 1. The zero-order chi connectivity index (χ0) is 13.1. The summed E-state index contributed by atoms with van der Waals surface area (Å²) in [6.07, 6.45) is 0.925. The molecule has 98 valence electrons. The van der Waals surface area contributed by atoms with Crippen LogP contribution in [-0.4, -0.2) is 42.0 Å². The number of pyridine rings is 1. The van der Waals surface area contributed by atoms with E-state index in [1.807, 2.05) is 11.0 Å². The minimum Gasteiger partial charge on any atom is -0.479 e. The van der Waals surface area contributed by atoms with E-state index in [1.54, 1.807) is 13.0 Å². The molecule has 1 aliphatic heterocycles. The molecule has 1 aromatic heterocycles. The highest BCUT2D eigenvalue weighted by Crippen LogP contribution is 2.22. The summed E-state index contributed by atoms with van der Waals surface area (Å²) in [6.45, 7) is 3.09. The van der Waals surface area contributed by atoms with Gasteiger partial charge in [-0.25, -0.2) is 0 Å². The molecule has 6 nitrogen and oxygen atoms in total. The van der Waals surface area contributed by atoms with E-state index in [-0.39, 0.29) is 11.9 Å². The molecule has 0 spiro atoms. The van der Waals surface area contributed by atoms with E-state index in [4.69, 9.17) is 10.5 Å². The average molecular weight is 250 g/mol. The van der Waals surface area contributed by atoms with Crippen molar-refractivity contribution < 1.29 is 9.53 Å². The SMILES string of the molecule is COc1nc(NC2CCN(C(C)=O)C2)ccc1N. The average Bonchev–Trinajstić information content (AvgIpc) is 2.80. The van der Waals surface area contributed by atoms with Crippen LogP contribution in [0.15, 0.2) is 12.1 Å². The van der Waals surface area contributed by atoms with Crippen molar-refractivity contribution in [1.29, 1.82) is 0 Å². The molecule has 1 aromatic rings. The van der Waals surface area contributed by atoms with Crippen molar-refractivity contribution in [2.45, 2.75) is 19.4 Å². The number of aromatic nitrogens is 1. The van der Waals surface area contributed by atoms with Crippen LogP contribution in [0.1, 0.15) is 13.3 Å². The predicted octanol–water partition coefficient (Wildman–Crippen LogP) is 0.705. The molecule has 1 saturated heterocycles. The normalized spacial score (nSPS) is 18.8. The fourth-order valence-corrected chi connectivity index (χ4v) is 2.07. The first-order valence-corrected chi connectivity index (χ1v) is 5.92. The van der Waals surface area contributed by atoms with Gasteiger partial charge in [0.05, 0.1) is 12.8 Å². The minimum absolute atomic E-state index is 0.113. The summed E-state index contributed by atoms with van der Waals surface area (Å²) in [6, 6.07) is 3.80. The molecule has 1 unspecified atom stereocenters. The van der Waals surface area contributed by atoms with Gasteiger partial charge in [0.1, 0.15) is 5.82 Å². The molecule has 6 heteroatoms. The van der Waals surface area contributed by atoms with Crippen LogP contribution >= 0.6 is 0 Å². The number of rotatable bonds is 3. The first-order valence-electron chi connectivity index (χ1n) is 5.92. The van der Waals surface area contributed by atoms with Crippen LogP contribution < -0.4 is 15.8 Å². The monoisotopic (exact) mass is 250 g/mol. The maximum Gasteiger partial charge on any atom is 0.238 e. The molecule has 1 atom stereocenters. The lowest BCUT2D eigenvalue weighted by Crippen LogP contribution is -2.29. The van der Waals surface area contributed by atoms with E-state index >= 15 is 0 Å². The largest absolute Gasteiger partial charge is 0.479 e. The lowest BCUT2D eigenvalue weighted by Gasteiger charge is -2.16. The minimum atomic E-state index is 0.113. The van der Waals surface area contributed by atoms with Crippen molar-refractivity contribution in [2.75, 3.05) is 31.2 Å². The maximum atomic E-state index is 11.2. The van der Waals surface area contributed by atoms with Gasteiger partial charge in [0.25, 0.3) is 0 Å². The van der Waals surface area contributed by atoms with Crippen molar-refractivity contribution >= 4 is 17.4 Å². The molecule has 2 rings (SSSR count). The Morgan fingerprint density at radius 2 is 2.39 bits per heavy atom. The third kappa shape index (κ3) is 2.64. The second-order valence-electron chi connectivity index (χ2n) is 4.39. The number of nitrogens with one attached hydrogen (secondary N) is 1. The van der Waals surface area contributed by atoms with Crippen LogP contribution in [0.5, 0.6) is 5.88 Å². The standard InChI is InChI=1S/C12H18N4O2/c1-8(17)16-6-5-9(7-16)14-11-4-3-10(13)12(15-11)18-2/h3-4,9H,5-7,13H2,1-2H3,(H,14,15). The van der Waals surface area contributed by atoms with E-state index in [0.29, 0.717) is 18.1 Å². The smallest absolute Gasteiger partial charge is 0.238 e. The molecule has 1 amide bonds. The number of amides is 1. The Labute approximate surface area is 106 Å². The van der Waals surface area contributed by atoms with E-state index in [9.17, 15) is 4.79 Å². The lowest BCUT2D eigenvalue weighted by atomic mass is 10.2. The molecule has 2 heterocycles. The highest BCUT2D eigenvalue weighted by molar-refractivity contribution is 5.73. The Hall–Kier alpha value is -1.98. The summed E-state index contributed by atoms with van der Waals surface area (Å²) in [7, 11) is 1.54. The van der Waals surface area contributed by atoms with Crippen molar-refractivity contribution in [3.63, 3.8) is 0 Å². The first-order chi connectivity index (χ1) is 8.60. The lowest BCUT2D eigenvalue weighted by molar-refractivity contribution is -0.127. The van der Waals surface area contributed by atoms with Gasteiger partial charge in [-0.1, -0.05) is 0 Å². The summed E-state index contributed by atoms with van der Waals surface area (Å²) in [4.78, 5) is 17.3. The first kappa shape index (κ1) is 12.5. The summed E-state index contributed by atoms with van der Waals surface area (Å²) < 4.78 is 5.07. The topological polar surface area (TPSA) is 80.5 Å². The van der Waals surface area contributed by atoms with Crippen molar-refractivity contribution in [2.24, 2.45) is 0 Å². The molecule has 0 aliphatic carbocycles. The van der Waals surface area contributed by atoms with Gasteiger partial charge >= 0.3 is 0 Å². The van der Waals surface area contributed by atoms with Crippen LogP contribution in [0.4, 0.5) is 11.5 Å². The van der Waals surface area contributed by atoms with Gasteiger partial charge in [0.2, 0.25) is 11.8 Å². The number of hydrogen-bond acceptors (Lipinski definition) is 5. The van der Waals surface area contributed by atoms with Gasteiger partial charge in [-0.3, -0.25) is 4.79 Å². The molecule has 18 heavy (non-hydrogen) atoms. The van der Waals surface area contributed by atoms with Crippen molar-refractivity contribution in [1.82, 2.24) is 9.88 Å². The Kier molecular flexibility index (Phi) is 3.55. The summed E-state index contributed by atoms with van der Waals surface area (Å²) in [5.74, 6) is 1.25. The van der Waals surface area contributed by atoms with E-state index in [2.05, 4.69) is 10.3 Å². The summed E-state index contributed by atoms with van der Waals surface area (Å²) >= 11 is 0. The molecule has 0 saturated carbocycles. The van der Waals surface area contributed by atoms with Crippen LogP contribution in [0.2, 0.25) is 0 Å². The number of nitrogen functional groups attached to an aromatic ring is 1. The Morgan fingerprint density at radius 1 is 1.61 bits per heavy atom. The highest BCUT2D eigenvalue weighted by atomic mass is 16.5. The Morgan fingerprint density at radius 3 is 3.00 bits per heavy atom. The maximum absolute atomic E-state index is 11.2.